The van der Waals surface area contributed by atoms with Crippen LogP contribution in [0.5, 0.6) is 0 Å². The summed E-state index contributed by atoms with van der Waals surface area (Å²) in [5.41, 5.74) is 7.13. The molecule has 0 radical (unpaired) electrons. The Bertz CT molecular complexity index is 2310. The lowest BCUT2D eigenvalue weighted by Crippen LogP contribution is -2.05. The number of nitriles is 1. The van der Waals surface area contributed by atoms with Gasteiger partial charge in [-0.1, -0.05) is 91.0 Å². The lowest BCUT2D eigenvalue weighted by atomic mass is 10.0. The highest BCUT2D eigenvalue weighted by Gasteiger charge is 2.21. The first-order chi connectivity index (χ1) is 19.8. The van der Waals surface area contributed by atoms with E-state index in [1.54, 1.807) is 0 Å². The molecule has 6 aromatic carbocycles. The number of rotatable bonds is 3. The van der Waals surface area contributed by atoms with Gasteiger partial charge in [-0.05, 0) is 35.7 Å². The summed E-state index contributed by atoms with van der Waals surface area (Å²) in [7, 11) is 0. The molecule has 1 N–H and O–H groups in total. The number of nitrogens with one attached hydrogen (secondary N) is 1. The lowest BCUT2D eigenvalue weighted by molar-refractivity contribution is 1.12. The van der Waals surface area contributed by atoms with Crippen LogP contribution >= 0.6 is 0 Å². The molecule has 0 unspecified atom stereocenters. The molecule has 8 aromatic rings. The van der Waals surface area contributed by atoms with Crippen LogP contribution in [0.1, 0.15) is 11.1 Å². The first kappa shape index (κ1) is 22.3. The highest BCUT2D eigenvalue weighted by Crippen LogP contribution is 2.39. The number of benzene rings is 6. The van der Waals surface area contributed by atoms with Gasteiger partial charge < -0.3 is 14.5 Å². The number of hydrogen-bond donors (Lipinski definition) is 1. The first-order valence-electron chi connectivity index (χ1n) is 13.3. The van der Waals surface area contributed by atoms with E-state index in [4.69, 9.17) is 5.41 Å². The Morgan fingerprint density at radius 1 is 0.550 bits per heavy atom. The van der Waals surface area contributed by atoms with Crippen molar-refractivity contribution in [1.82, 2.24) is 9.13 Å². The summed E-state index contributed by atoms with van der Waals surface area (Å²) in [5.74, 6) is 0. The van der Waals surface area contributed by atoms with Crippen LogP contribution in [0.2, 0.25) is 0 Å². The number of aromatic nitrogens is 2. The fraction of sp³-hybridized carbons (Fsp3) is 0. The number of fused-ring (bicyclic) bond motifs is 8. The molecule has 0 bridgehead atoms. The highest BCUT2D eigenvalue weighted by molar-refractivity contribution is 6.19. The SMILES string of the molecule is N#Cc1cc(C=N)c(-n2c3ccccc3c3ccccc32)cc1-n1c2ccccc2c2ccc3ccccc3c21. The van der Waals surface area contributed by atoms with Gasteiger partial charge >= 0.3 is 0 Å². The van der Waals surface area contributed by atoms with Gasteiger partial charge in [0.2, 0.25) is 0 Å². The minimum absolute atomic E-state index is 0.526. The van der Waals surface area contributed by atoms with Crippen molar-refractivity contribution in [2.75, 3.05) is 0 Å². The molecule has 0 fully saturated rings. The van der Waals surface area contributed by atoms with E-state index in [9.17, 15) is 5.26 Å². The molecule has 2 heterocycles. The van der Waals surface area contributed by atoms with Crippen LogP contribution in [0.15, 0.2) is 121 Å². The fourth-order valence-corrected chi connectivity index (χ4v) is 6.34. The maximum Gasteiger partial charge on any atom is 0.101 e. The Balaban J connectivity index is 1.57. The number of hydrogen-bond acceptors (Lipinski definition) is 2. The predicted octanol–water partition coefficient (Wildman–Crippen LogP) is 8.90. The minimum Gasteiger partial charge on any atom is -0.309 e. The van der Waals surface area contributed by atoms with Crippen LogP contribution in [-0.2, 0) is 0 Å². The van der Waals surface area contributed by atoms with E-state index >= 15 is 0 Å². The van der Waals surface area contributed by atoms with Crippen LogP contribution in [0, 0.1) is 16.7 Å². The van der Waals surface area contributed by atoms with E-state index in [1.807, 2.05) is 24.3 Å². The van der Waals surface area contributed by atoms with Gasteiger partial charge in [-0.25, -0.2) is 0 Å². The molecule has 0 saturated carbocycles. The quantitative estimate of drug-likeness (QED) is 0.237. The lowest BCUT2D eigenvalue weighted by Gasteiger charge is -2.17. The molecule has 0 atom stereocenters. The van der Waals surface area contributed by atoms with Gasteiger partial charge in [0, 0.05) is 38.7 Å². The summed E-state index contributed by atoms with van der Waals surface area (Å²) < 4.78 is 4.46. The van der Waals surface area contributed by atoms with Crippen molar-refractivity contribution < 1.29 is 0 Å². The molecule has 0 aliphatic heterocycles. The zero-order valence-electron chi connectivity index (χ0n) is 21.5. The second-order valence-electron chi connectivity index (χ2n) is 10.1. The van der Waals surface area contributed by atoms with E-state index in [1.165, 1.54) is 6.21 Å². The van der Waals surface area contributed by atoms with E-state index in [-0.39, 0.29) is 0 Å². The van der Waals surface area contributed by atoms with Crippen molar-refractivity contribution in [1.29, 1.82) is 10.7 Å². The average Bonchev–Trinajstić information content (AvgIpc) is 3.54. The van der Waals surface area contributed by atoms with Crippen LogP contribution in [0.25, 0.3) is 65.8 Å². The van der Waals surface area contributed by atoms with Crippen molar-refractivity contribution in [2.24, 2.45) is 0 Å². The van der Waals surface area contributed by atoms with Crippen molar-refractivity contribution >= 4 is 60.6 Å². The van der Waals surface area contributed by atoms with Crippen molar-refractivity contribution in [3.8, 4) is 17.4 Å². The van der Waals surface area contributed by atoms with Gasteiger partial charge in [-0.3, -0.25) is 0 Å². The minimum atomic E-state index is 0.526. The highest BCUT2D eigenvalue weighted by atomic mass is 15.0. The van der Waals surface area contributed by atoms with Crippen LogP contribution in [-0.4, -0.2) is 15.3 Å². The molecule has 0 amide bonds. The molecule has 40 heavy (non-hydrogen) atoms. The van der Waals surface area contributed by atoms with E-state index in [0.717, 1.165) is 65.8 Å². The summed E-state index contributed by atoms with van der Waals surface area (Å²) in [5, 5.41) is 25.6. The summed E-state index contributed by atoms with van der Waals surface area (Å²) in [6.07, 6.45) is 1.35. The van der Waals surface area contributed by atoms with Crippen molar-refractivity contribution in [3.63, 3.8) is 0 Å². The molecule has 4 heteroatoms. The third-order valence-corrected chi connectivity index (χ3v) is 8.04. The van der Waals surface area contributed by atoms with E-state index < -0.39 is 0 Å². The zero-order valence-corrected chi connectivity index (χ0v) is 21.5. The Morgan fingerprint density at radius 3 is 1.73 bits per heavy atom. The standard InChI is InChI=1S/C36H22N4/c37-21-24-19-25(22-38)35(20-34(24)39-31-14-6-3-11-27(31)28-12-4-7-15-32(28)39)40-33-16-8-5-13-29(33)30-18-17-23-9-1-2-10-26(23)36(30)40/h1-21,37H. The van der Waals surface area contributed by atoms with Crippen molar-refractivity contribution in [3.05, 3.63) is 132 Å². The van der Waals surface area contributed by atoms with Crippen LogP contribution < -0.4 is 0 Å². The second kappa shape index (κ2) is 8.42. The Hall–Kier alpha value is -5.66. The maximum absolute atomic E-state index is 10.4. The van der Waals surface area contributed by atoms with E-state index in [0.29, 0.717) is 11.1 Å². The van der Waals surface area contributed by atoms with E-state index in [2.05, 4.69) is 112 Å². The van der Waals surface area contributed by atoms with Gasteiger partial charge in [0.25, 0.3) is 0 Å². The zero-order chi connectivity index (χ0) is 26.8. The first-order valence-corrected chi connectivity index (χ1v) is 13.3. The summed E-state index contributed by atoms with van der Waals surface area (Å²) >= 11 is 0. The molecule has 4 nitrogen and oxygen atoms in total. The third kappa shape index (κ3) is 2.97. The normalized spacial score (nSPS) is 11.6. The molecule has 0 saturated heterocycles. The molecule has 0 aliphatic rings. The molecule has 0 aliphatic carbocycles. The van der Waals surface area contributed by atoms with Crippen molar-refractivity contribution in [2.45, 2.75) is 0 Å². The molecule has 186 valence electrons. The molecular formula is C36H22N4. The smallest absolute Gasteiger partial charge is 0.101 e. The second-order valence-corrected chi connectivity index (χ2v) is 10.1. The molecule has 2 aromatic heterocycles. The summed E-state index contributed by atoms with van der Waals surface area (Å²) in [6, 6.07) is 44.3. The maximum atomic E-state index is 10.4. The predicted molar refractivity (Wildman–Crippen MR) is 165 cm³/mol. The third-order valence-electron chi connectivity index (χ3n) is 8.04. The molecular weight excluding hydrogens is 488 g/mol. The molecule has 8 rings (SSSR count). The Labute approximate surface area is 230 Å². The van der Waals surface area contributed by atoms with Crippen LogP contribution in [0.3, 0.4) is 0 Å². The van der Waals surface area contributed by atoms with Gasteiger partial charge in [0.15, 0.2) is 0 Å². The van der Waals surface area contributed by atoms with Crippen LogP contribution in [0.4, 0.5) is 0 Å². The van der Waals surface area contributed by atoms with Gasteiger partial charge in [-0.15, -0.1) is 0 Å². The number of para-hydroxylation sites is 3. The Kier molecular flexibility index (Phi) is 4.70. The fourth-order valence-electron chi connectivity index (χ4n) is 6.34. The summed E-state index contributed by atoms with van der Waals surface area (Å²) in [6.45, 7) is 0. The summed E-state index contributed by atoms with van der Waals surface area (Å²) in [4.78, 5) is 0. The number of nitrogens with zero attached hydrogens (tertiary/aromatic N) is 3. The molecule has 0 spiro atoms. The van der Waals surface area contributed by atoms with Gasteiger partial charge in [0.05, 0.1) is 39.0 Å². The van der Waals surface area contributed by atoms with Gasteiger partial charge in [0.1, 0.15) is 6.07 Å². The Morgan fingerprint density at radius 2 is 1.10 bits per heavy atom. The van der Waals surface area contributed by atoms with Gasteiger partial charge in [-0.2, -0.15) is 5.26 Å². The monoisotopic (exact) mass is 510 g/mol. The average molecular weight is 511 g/mol. The topological polar surface area (TPSA) is 57.5 Å². The largest absolute Gasteiger partial charge is 0.309 e.